The standard InChI is InChI=1S/C14H15Cl2N3O2S/c1-8(2)13-17-7-9(3)14(18-13)19-22(20,21)12-5-4-10(15)6-11(12)16/h4-8H,1-3H3,(H,17,18,19). The third kappa shape index (κ3) is 3.69. The summed E-state index contributed by atoms with van der Waals surface area (Å²) in [6.07, 6.45) is 1.59. The van der Waals surface area contributed by atoms with Crippen molar-refractivity contribution < 1.29 is 8.42 Å². The second kappa shape index (κ2) is 6.40. The number of sulfonamides is 1. The molecule has 0 saturated heterocycles. The number of nitrogens with zero attached hydrogens (tertiary/aromatic N) is 2. The van der Waals surface area contributed by atoms with Gasteiger partial charge in [-0.2, -0.15) is 0 Å². The maximum atomic E-state index is 12.5. The van der Waals surface area contributed by atoms with Gasteiger partial charge in [0.05, 0.1) is 5.02 Å². The highest BCUT2D eigenvalue weighted by Crippen LogP contribution is 2.27. The molecule has 0 aliphatic carbocycles. The van der Waals surface area contributed by atoms with Gasteiger partial charge in [0.25, 0.3) is 10.0 Å². The van der Waals surface area contributed by atoms with Gasteiger partial charge < -0.3 is 0 Å². The molecule has 8 heteroatoms. The first-order valence-electron chi connectivity index (χ1n) is 6.52. The van der Waals surface area contributed by atoms with Crippen LogP contribution in [0.5, 0.6) is 0 Å². The monoisotopic (exact) mass is 359 g/mol. The predicted molar refractivity (Wildman–Crippen MR) is 88.1 cm³/mol. The Morgan fingerprint density at radius 1 is 1.23 bits per heavy atom. The zero-order chi connectivity index (χ0) is 16.5. The molecule has 0 unspecified atom stereocenters. The fourth-order valence-electron chi connectivity index (χ4n) is 1.71. The lowest BCUT2D eigenvalue weighted by atomic mass is 10.2. The minimum Gasteiger partial charge on any atom is -0.263 e. The van der Waals surface area contributed by atoms with Gasteiger partial charge in [-0.25, -0.2) is 18.4 Å². The molecule has 22 heavy (non-hydrogen) atoms. The third-order valence-electron chi connectivity index (χ3n) is 2.92. The van der Waals surface area contributed by atoms with Gasteiger partial charge in [0.15, 0.2) is 0 Å². The Hall–Kier alpha value is -1.37. The van der Waals surface area contributed by atoms with Gasteiger partial charge in [-0.05, 0) is 25.1 Å². The summed E-state index contributed by atoms with van der Waals surface area (Å²) in [6, 6.07) is 4.20. The Bertz CT molecular complexity index is 808. The fraction of sp³-hybridized carbons (Fsp3) is 0.286. The zero-order valence-electron chi connectivity index (χ0n) is 12.3. The summed E-state index contributed by atoms with van der Waals surface area (Å²) >= 11 is 11.8. The maximum absolute atomic E-state index is 12.5. The molecular formula is C14H15Cl2N3O2S. The van der Waals surface area contributed by atoms with Gasteiger partial charge in [-0.1, -0.05) is 37.0 Å². The van der Waals surface area contributed by atoms with Crippen LogP contribution in [0, 0.1) is 6.92 Å². The Balaban J connectivity index is 2.42. The van der Waals surface area contributed by atoms with Crippen LogP contribution in [0.25, 0.3) is 0 Å². The molecular weight excluding hydrogens is 345 g/mol. The van der Waals surface area contributed by atoms with Crippen LogP contribution in [0.4, 0.5) is 5.82 Å². The number of anilines is 1. The molecule has 0 aliphatic rings. The Labute approximate surface area is 139 Å². The lowest BCUT2D eigenvalue weighted by Crippen LogP contribution is -2.16. The van der Waals surface area contributed by atoms with Gasteiger partial charge in [0.2, 0.25) is 0 Å². The smallest absolute Gasteiger partial charge is 0.263 e. The van der Waals surface area contributed by atoms with Gasteiger partial charge in [0, 0.05) is 22.7 Å². The molecule has 0 spiro atoms. The summed E-state index contributed by atoms with van der Waals surface area (Å²) in [5, 5.41) is 0.417. The quantitative estimate of drug-likeness (QED) is 0.894. The highest BCUT2D eigenvalue weighted by Gasteiger charge is 2.20. The van der Waals surface area contributed by atoms with Crippen molar-refractivity contribution in [3.05, 3.63) is 45.8 Å². The van der Waals surface area contributed by atoms with E-state index in [2.05, 4.69) is 14.7 Å². The van der Waals surface area contributed by atoms with Gasteiger partial charge in [-0.3, -0.25) is 4.72 Å². The average molecular weight is 360 g/mol. The van der Waals surface area contributed by atoms with E-state index in [0.717, 1.165) is 0 Å². The van der Waals surface area contributed by atoms with Crippen molar-refractivity contribution in [1.82, 2.24) is 9.97 Å². The van der Waals surface area contributed by atoms with E-state index in [-0.39, 0.29) is 21.7 Å². The number of hydrogen-bond donors (Lipinski definition) is 1. The number of benzene rings is 1. The van der Waals surface area contributed by atoms with E-state index >= 15 is 0 Å². The van der Waals surface area contributed by atoms with E-state index in [1.165, 1.54) is 18.2 Å². The number of rotatable bonds is 4. The van der Waals surface area contributed by atoms with E-state index in [9.17, 15) is 8.42 Å². The predicted octanol–water partition coefficient (Wildman–Crippen LogP) is 4.02. The summed E-state index contributed by atoms with van der Waals surface area (Å²) in [4.78, 5) is 8.39. The first-order chi connectivity index (χ1) is 10.2. The second-order valence-corrected chi connectivity index (χ2v) is 7.59. The van der Waals surface area contributed by atoms with Crippen LogP contribution < -0.4 is 4.72 Å². The highest BCUT2D eigenvalue weighted by molar-refractivity contribution is 7.92. The summed E-state index contributed by atoms with van der Waals surface area (Å²) in [7, 11) is -3.86. The number of aromatic nitrogens is 2. The lowest BCUT2D eigenvalue weighted by molar-refractivity contribution is 0.601. The molecule has 0 fully saturated rings. The van der Waals surface area contributed by atoms with Crippen LogP contribution in [0.1, 0.15) is 31.2 Å². The van der Waals surface area contributed by atoms with Crippen LogP contribution in [0.15, 0.2) is 29.3 Å². The number of nitrogens with one attached hydrogen (secondary N) is 1. The molecule has 2 rings (SSSR count). The molecule has 0 bridgehead atoms. The van der Waals surface area contributed by atoms with E-state index in [1.54, 1.807) is 13.1 Å². The molecule has 0 amide bonds. The normalized spacial score (nSPS) is 11.7. The SMILES string of the molecule is Cc1cnc(C(C)C)nc1NS(=O)(=O)c1ccc(Cl)cc1Cl. The van der Waals surface area contributed by atoms with Crippen molar-refractivity contribution in [3.8, 4) is 0 Å². The lowest BCUT2D eigenvalue weighted by Gasteiger charge is -2.12. The minimum absolute atomic E-state index is 0.0517. The zero-order valence-corrected chi connectivity index (χ0v) is 14.6. The van der Waals surface area contributed by atoms with Crippen molar-refractivity contribution in [1.29, 1.82) is 0 Å². The largest absolute Gasteiger partial charge is 0.264 e. The van der Waals surface area contributed by atoms with E-state index in [4.69, 9.17) is 23.2 Å². The minimum atomic E-state index is -3.86. The molecule has 118 valence electrons. The van der Waals surface area contributed by atoms with Crippen molar-refractivity contribution in [2.75, 3.05) is 4.72 Å². The van der Waals surface area contributed by atoms with Gasteiger partial charge in [-0.15, -0.1) is 0 Å². The van der Waals surface area contributed by atoms with E-state index in [1.807, 2.05) is 13.8 Å². The van der Waals surface area contributed by atoms with E-state index < -0.39 is 10.0 Å². The van der Waals surface area contributed by atoms with E-state index in [0.29, 0.717) is 16.4 Å². The van der Waals surface area contributed by atoms with Crippen molar-refractivity contribution >= 4 is 39.0 Å². The topological polar surface area (TPSA) is 72.0 Å². The molecule has 1 heterocycles. The molecule has 0 aliphatic heterocycles. The van der Waals surface area contributed by atoms with Crippen LogP contribution in [-0.4, -0.2) is 18.4 Å². The Morgan fingerprint density at radius 3 is 2.50 bits per heavy atom. The number of hydrogen-bond acceptors (Lipinski definition) is 4. The van der Waals surface area contributed by atoms with Gasteiger partial charge >= 0.3 is 0 Å². The summed E-state index contributed by atoms with van der Waals surface area (Å²) in [5.74, 6) is 0.887. The van der Waals surface area contributed by atoms with Gasteiger partial charge in [0.1, 0.15) is 16.5 Å². The van der Waals surface area contributed by atoms with Crippen LogP contribution in [0.2, 0.25) is 10.0 Å². The summed E-state index contributed by atoms with van der Waals surface area (Å²) in [5.41, 5.74) is 0.623. The first-order valence-corrected chi connectivity index (χ1v) is 8.76. The number of aryl methyl sites for hydroxylation is 1. The first kappa shape index (κ1) is 17.0. The molecule has 2 aromatic rings. The molecule has 0 atom stereocenters. The average Bonchev–Trinajstić information content (AvgIpc) is 2.40. The summed E-state index contributed by atoms with van der Waals surface area (Å²) in [6.45, 7) is 5.59. The molecule has 5 nitrogen and oxygen atoms in total. The number of halogens is 2. The Morgan fingerprint density at radius 2 is 1.91 bits per heavy atom. The van der Waals surface area contributed by atoms with Crippen LogP contribution >= 0.6 is 23.2 Å². The molecule has 0 radical (unpaired) electrons. The highest BCUT2D eigenvalue weighted by atomic mass is 35.5. The van der Waals surface area contributed by atoms with Crippen LogP contribution in [-0.2, 0) is 10.0 Å². The molecule has 0 saturated carbocycles. The van der Waals surface area contributed by atoms with Crippen molar-refractivity contribution in [2.45, 2.75) is 31.6 Å². The second-order valence-electron chi connectivity index (χ2n) is 5.09. The summed E-state index contributed by atoms with van der Waals surface area (Å²) < 4.78 is 27.4. The molecule has 1 aromatic carbocycles. The Kier molecular flexibility index (Phi) is 4.94. The van der Waals surface area contributed by atoms with Crippen LogP contribution in [0.3, 0.4) is 0 Å². The van der Waals surface area contributed by atoms with Crippen molar-refractivity contribution in [3.63, 3.8) is 0 Å². The third-order valence-corrected chi connectivity index (χ3v) is 4.98. The molecule has 1 aromatic heterocycles. The molecule has 1 N–H and O–H groups in total. The van der Waals surface area contributed by atoms with Crippen molar-refractivity contribution in [2.24, 2.45) is 0 Å². The maximum Gasteiger partial charge on any atom is 0.264 e. The fourth-order valence-corrected chi connectivity index (χ4v) is 3.56.